The molecule has 0 saturated carbocycles. The van der Waals surface area contributed by atoms with Crippen molar-refractivity contribution in [3.63, 3.8) is 0 Å². The zero-order valence-corrected chi connectivity index (χ0v) is 16.5. The summed E-state index contributed by atoms with van der Waals surface area (Å²) in [5.41, 5.74) is 4.10. The van der Waals surface area contributed by atoms with Gasteiger partial charge in [0, 0.05) is 24.0 Å². The normalized spacial score (nSPS) is 16.4. The van der Waals surface area contributed by atoms with Crippen molar-refractivity contribution in [3.8, 4) is 5.75 Å². The maximum atomic E-state index is 12.4. The first-order valence-electron chi connectivity index (χ1n) is 9.47. The molecule has 5 rings (SSSR count). The molecule has 1 aliphatic carbocycles. The molecule has 2 N–H and O–H groups in total. The van der Waals surface area contributed by atoms with Crippen LogP contribution in [0, 0.1) is 0 Å². The van der Waals surface area contributed by atoms with Gasteiger partial charge in [-0.15, -0.1) is 0 Å². The molecule has 0 radical (unpaired) electrons. The van der Waals surface area contributed by atoms with Crippen LogP contribution in [0.1, 0.15) is 28.7 Å². The number of hydrogen-bond donors (Lipinski definition) is 1. The number of rotatable bonds is 3. The Balaban J connectivity index is 1.46. The topological polar surface area (TPSA) is 103 Å². The van der Waals surface area contributed by atoms with E-state index in [1.54, 1.807) is 12.1 Å². The summed E-state index contributed by atoms with van der Waals surface area (Å²) < 4.78 is 34.4. The zero-order valence-electron chi connectivity index (χ0n) is 15.7. The lowest BCUT2D eigenvalue weighted by Gasteiger charge is -2.29. The fraction of sp³-hybridized carbons (Fsp3) is 0.286. The van der Waals surface area contributed by atoms with Crippen LogP contribution in [-0.4, -0.2) is 20.0 Å². The van der Waals surface area contributed by atoms with E-state index >= 15 is 0 Å². The molecule has 8 heteroatoms. The zero-order chi connectivity index (χ0) is 20.2. The second kappa shape index (κ2) is 6.69. The second-order valence-corrected chi connectivity index (χ2v) is 9.13. The maximum absolute atomic E-state index is 12.4. The standard InChI is InChI=1S/C21H20N2O5S/c22-29(25,26)14-6-4-13(5-7-14)10-23-11-18-19(27-12-23)9-8-16-15-2-1-3-17(15)21(24)28-20(16)18/h4-9H,1-3,10-12H2,(H2,22,25,26). The fourth-order valence-electron chi connectivity index (χ4n) is 4.24. The van der Waals surface area contributed by atoms with Gasteiger partial charge in [-0.05, 0) is 54.7 Å². The third-order valence-electron chi connectivity index (χ3n) is 5.64. The summed E-state index contributed by atoms with van der Waals surface area (Å²) in [5, 5.41) is 6.15. The lowest BCUT2D eigenvalue weighted by Crippen LogP contribution is -2.31. The van der Waals surface area contributed by atoms with E-state index in [-0.39, 0.29) is 10.5 Å². The molecule has 3 aromatic rings. The van der Waals surface area contributed by atoms with Crippen LogP contribution in [0.2, 0.25) is 0 Å². The SMILES string of the molecule is NS(=O)(=O)c1ccc(CN2COc3ccc4c5c(c(=O)oc4c3C2)CCC5)cc1. The highest BCUT2D eigenvalue weighted by Gasteiger charge is 2.26. The van der Waals surface area contributed by atoms with Crippen LogP contribution in [0.4, 0.5) is 0 Å². The number of primary sulfonamides is 1. The van der Waals surface area contributed by atoms with Gasteiger partial charge in [-0.2, -0.15) is 0 Å². The van der Waals surface area contributed by atoms with Gasteiger partial charge in [0.1, 0.15) is 18.1 Å². The smallest absolute Gasteiger partial charge is 0.339 e. The molecular weight excluding hydrogens is 392 g/mol. The van der Waals surface area contributed by atoms with Crippen molar-refractivity contribution >= 4 is 21.0 Å². The van der Waals surface area contributed by atoms with Gasteiger partial charge >= 0.3 is 5.63 Å². The van der Waals surface area contributed by atoms with E-state index in [1.807, 2.05) is 12.1 Å². The van der Waals surface area contributed by atoms with E-state index in [2.05, 4.69) is 4.90 Å². The predicted molar refractivity (Wildman–Crippen MR) is 107 cm³/mol. The van der Waals surface area contributed by atoms with Crippen molar-refractivity contribution in [3.05, 3.63) is 69.1 Å². The first-order chi connectivity index (χ1) is 13.9. The van der Waals surface area contributed by atoms with E-state index in [9.17, 15) is 13.2 Å². The van der Waals surface area contributed by atoms with E-state index in [4.69, 9.17) is 14.3 Å². The summed E-state index contributed by atoms with van der Waals surface area (Å²) >= 11 is 0. The Kier molecular flexibility index (Phi) is 4.23. The molecule has 2 aliphatic rings. The molecule has 0 atom stereocenters. The molecule has 2 aromatic carbocycles. The number of ether oxygens (including phenoxy) is 1. The highest BCUT2D eigenvalue weighted by molar-refractivity contribution is 7.89. The predicted octanol–water partition coefficient (Wildman–Crippen LogP) is 2.28. The molecule has 2 heterocycles. The highest BCUT2D eigenvalue weighted by atomic mass is 32.2. The first-order valence-corrected chi connectivity index (χ1v) is 11.0. The largest absolute Gasteiger partial charge is 0.478 e. The third-order valence-corrected chi connectivity index (χ3v) is 6.57. The third kappa shape index (κ3) is 3.23. The lowest BCUT2D eigenvalue weighted by atomic mass is 10.0. The summed E-state index contributed by atoms with van der Waals surface area (Å²) in [7, 11) is -3.71. The average Bonchev–Trinajstić information content (AvgIpc) is 3.19. The molecule has 1 aromatic heterocycles. The van der Waals surface area contributed by atoms with Crippen molar-refractivity contribution in [1.29, 1.82) is 0 Å². The fourth-order valence-corrected chi connectivity index (χ4v) is 4.76. The van der Waals surface area contributed by atoms with Crippen molar-refractivity contribution in [2.45, 2.75) is 37.2 Å². The summed E-state index contributed by atoms with van der Waals surface area (Å²) in [6, 6.07) is 10.4. The monoisotopic (exact) mass is 412 g/mol. The Labute approximate surface area is 167 Å². The van der Waals surface area contributed by atoms with Crippen LogP contribution >= 0.6 is 0 Å². The molecule has 0 bridgehead atoms. The molecule has 0 saturated heterocycles. The quantitative estimate of drug-likeness (QED) is 0.662. The van der Waals surface area contributed by atoms with Crippen molar-refractivity contribution in [1.82, 2.24) is 4.90 Å². The van der Waals surface area contributed by atoms with Gasteiger partial charge in [-0.25, -0.2) is 18.4 Å². The Hall–Kier alpha value is -2.68. The number of fused-ring (bicyclic) bond motifs is 5. The van der Waals surface area contributed by atoms with Crippen LogP contribution in [0.15, 0.2) is 50.5 Å². The maximum Gasteiger partial charge on any atom is 0.339 e. The van der Waals surface area contributed by atoms with E-state index in [1.165, 1.54) is 12.1 Å². The van der Waals surface area contributed by atoms with Crippen molar-refractivity contribution in [2.75, 3.05) is 6.73 Å². The number of sulfonamides is 1. The van der Waals surface area contributed by atoms with Crippen LogP contribution in [0.5, 0.6) is 5.75 Å². The van der Waals surface area contributed by atoms with Gasteiger partial charge in [0.2, 0.25) is 10.0 Å². The molecule has 0 unspecified atom stereocenters. The van der Waals surface area contributed by atoms with Gasteiger partial charge in [-0.3, -0.25) is 4.90 Å². The number of nitrogens with zero attached hydrogens (tertiary/aromatic N) is 1. The molecule has 7 nitrogen and oxygen atoms in total. The van der Waals surface area contributed by atoms with Gasteiger partial charge in [-0.1, -0.05) is 12.1 Å². The Morgan fingerprint density at radius 1 is 1.00 bits per heavy atom. The summed E-state index contributed by atoms with van der Waals surface area (Å²) in [6.45, 7) is 1.53. The number of nitrogens with two attached hydrogens (primary N) is 1. The Morgan fingerprint density at radius 3 is 2.52 bits per heavy atom. The van der Waals surface area contributed by atoms with Crippen LogP contribution < -0.4 is 15.5 Å². The van der Waals surface area contributed by atoms with Crippen molar-refractivity contribution in [2.24, 2.45) is 5.14 Å². The van der Waals surface area contributed by atoms with E-state index in [0.717, 1.165) is 52.7 Å². The number of benzene rings is 2. The van der Waals surface area contributed by atoms with Gasteiger partial charge < -0.3 is 9.15 Å². The minimum atomic E-state index is -3.71. The highest BCUT2D eigenvalue weighted by Crippen LogP contribution is 2.36. The average molecular weight is 412 g/mol. The van der Waals surface area contributed by atoms with Gasteiger partial charge in [0.05, 0.1) is 10.5 Å². The summed E-state index contributed by atoms with van der Waals surface area (Å²) in [4.78, 5) is 14.6. The molecular formula is C21H20N2O5S. The minimum absolute atomic E-state index is 0.0862. The van der Waals surface area contributed by atoms with E-state index < -0.39 is 10.0 Å². The van der Waals surface area contributed by atoms with Crippen LogP contribution in [-0.2, 0) is 36.0 Å². The molecule has 150 valence electrons. The van der Waals surface area contributed by atoms with Crippen molar-refractivity contribution < 1.29 is 17.6 Å². The first kappa shape index (κ1) is 18.4. The Bertz CT molecular complexity index is 1280. The van der Waals surface area contributed by atoms with Gasteiger partial charge in [0.15, 0.2) is 0 Å². The van der Waals surface area contributed by atoms with E-state index in [0.29, 0.717) is 25.4 Å². The summed E-state index contributed by atoms with van der Waals surface area (Å²) in [6.07, 6.45) is 2.66. The second-order valence-electron chi connectivity index (χ2n) is 7.57. The van der Waals surface area contributed by atoms with Crippen LogP contribution in [0.25, 0.3) is 11.0 Å². The molecule has 0 spiro atoms. The summed E-state index contributed by atoms with van der Waals surface area (Å²) in [5.74, 6) is 0.736. The molecule has 1 aliphatic heterocycles. The minimum Gasteiger partial charge on any atom is -0.478 e. The number of hydrogen-bond acceptors (Lipinski definition) is 6. The molecule has 0 fully saturated rings. The van der Waals surface area contributed by atoms with Crippen LogP contribution in [0.3, 0.4) is 0 Å². The number of aryl methyl sites for hydroxylation is 1. The Morgan fingerprint density at radius 2 is 1.76 bits per heavy atom. The molecule has 29 heavy (non-hydrogen) atoms. The molecule has 0 amide bonds. The van der Waals surface area contributed by atoms with Gasteiger partial charge in [0.25, 0.3) is 0 Å². The lowest BCUT2D eigenvalue weighted by molar-refractivity contribution is 0.0889.